The van der Waals surface area contributed by atoms with Crippen LogP contribution in [-0.2, 0) is 97.5 Å². The van der Waals surface area contributed by atoms with Crippen molar-refractivity contribution in [2.24, 2.45) is 29.6 Å². The maximum atomic E-state index is 13.6. The Morgan fingerprint density at radius 3 is 0.568 bits per heavy atom. The van der Waals surface area contributed by atoms with Crippen LogP contribution >= 0.6 is 0 Å². The SMILES string of the molecule is CC(C)COc1c2c(c(-c3ccc(N(c4ccc(-c5c6c(c(OCC(C)C)c7c5C(C)(C)CC7(C)C)C(C)(C)CC6(C)C)cc4)c4ccc([C@]56[C@@H](O)[C@@]5(c5ccc(N(c7ccc(-c8c9c(c(OCC(C)C)c%10c8C(C)(C)CC%10(C)C)C(C)(C)CC9(C)C)cc7)c7ccc(-c8c9c(c(OCC(C)C)c%10c8C(C)(C)CC%10(C)C)C(C)(C)CC9(C)C)cc7)cc5O)C(O)[C@@H]6C)c(O)c4)cc3)c3c1C(C)(C)CC3(C)C)C(C)(C)CC2(C)C. The molecular weight excluding hydrogens is 1810 g/mol. The largest absolute Gasteiger partial charge is 0.508 e. The number of ether oxygens (including phenoxy) is 4. The van der Waals surface area contributed by atoms with Crippen LogP contribution in [0.2, 0.25) is 0 Å². The molecule has 10 aromatic rings. The average molecular weight is 1990 g/mol. The second-order valence-corrected chi connectivity index (χ2v) is 60.8. The van der Waals surface area contributed by atoms with Crippen molar-refractivity contribution in [3.63, 3.8) is 0 Å². The third kappa shape index (κ3) is 15.4. The first-order valence-corrected chi connectivity index (χ1v) is 56.8. The first-order chi connectivity index (χ1) is 68.2. The van der Waals surface area contributed by atoms with Gasteiger partial charge < -0.3 is 49.2 Å². The zero-order valence-corrected chi connectivity index (χ0v) is 98.5. The zero-order valence-electron chi connectivity index (χ0n) is 98.5. The van der Waals surface area contributed by atoms with Crippen molar-refractivity contribution in [2.45, 2.75) is 445 Å². The Morgan fingerprint density at radius 1 is 0.236 bits per heavy atom. The molecule has 0 saturated heterocycles. The average Bonchev–Trinajstić information content (AvgIpc) is 1.42. The van der Waals surface area contributed by atoms with E-state index < -0.39 is 29.0 Å². The van der Waals surface area contributed by atoms with Crippen LogP contribution in [0, 0.1) is 29.6 Å². The van der Waals surface area contributed by atoms with E-state index in [1.807, 2.05) is 31.2 Å². The number of aromatic hydroxyl groups is 2. The fourth-order valence-corrected chi connectivity index (χ4v) is 35.7. The van der Waals surface area contributed by atoms with Crippen LogP contribution in [0.1, 0.15) is 435 Å². The third-order valence-electron chi connectivity index (χ3n) is 38.1. The second kappa shape index (κ2) is 33.3. The molecule has 20 rings (SSSR count). The fourth-order valence-electron chi connectivity index (χ4n) is 35.7. The van der Waals surface area contributed by atoms with E-state index in [0.29, 0.717) is 66.9 Å². The van der Waals surface area contributed by atoms with E-state index in [1.54, 1.807) is 0 Å². The summed E-state index contributed by atoms with van der Waals surface area (Å²) in [6.45, 7) is 101. The summed E-state index contributed by atoms with van der Waals surface area (Å²) in [5, 5.41) is 53.8. The van der Waals surface area contributed by atoms with Gasteiger partial charge in [-0.25, -0.2) is 0 Å². The molecule has 4 N–H and O–H groups in total. The van der Waals surface area contributed by atoms with Gasteiger partial charge in [-0.1, -0.05) is 345 Å². The van der Waals surface area contributed by atoms with Gasteiger partial charge in [0.1, 0.15) is 34.5 Å². The summed E-state index contributed by atoms with van der Waals surface area (Å²) < 4.78 is 29.1. The molecule has 2 saturated carbocycles. The molecular formula is C138H180N2O8. The van der Waals surface area contributed by atoms with Gasteiger partial charge in [-0.3, -0.25) is 0 Å². The van der Waals surface area contributed by atoms with Gasteiger partial charge >= 0.3 is 0 Å². The van der Waals surface area contributed by atoms with Gasteiger partial charge in [-0.15, -0.1) is 0 Å². The lowest BCUT2D eigenvalue weighted by Crippen LogP contribution is -2.54. The maximum absolute atomic E-state index is 13.6. The predicted molar refractivity (Wildman–Crippen MR) is 619 cm³/mol. The molecule has 0 aromatic heterocycles. The smallest absolute Gasteiger partial charge is 0.127 e. The Labute approximate surface area is 891 Å². The lowest BCUT2D eigenvalue weighted by molar-refractivity contribution is -0.0202. The molecule has 0 amide bonds. The Bertz CT molecular complexity index is 6100. The Hall–Kier alpha value is -9.48. The monoisotopic (exact) mass is 1990 g/mol. The van der Waals surface area contributed by atoms with Crippen molar-refractivity contribution in [2.75, 3.05) is 36.2 Å². The Kier molecular flexibility index (Phi) is 23.7. The minimum absolute atomic E-state index is 0.000471. The van der Waals surface area contributed by atoms with E-state index in [9.17, 15) is 20.4 Å². The van der Waals surface area contributed by atoms with Gasteiger partial charge in [-0.05, 0) is 317 Å². The van der Waals surface area contributed by atoms with Crippen LogP contribution < -0.4 is 28.7 Å². The van der Waals surface area contributed by atoms with E-state index in [4.69, 9.17) is 18.9 Å². The zero-order chi connectivity index (χ0) is 108. The van der Waals surface area contributed by atoms with Crippen LogP contribution in [0.3, 0.4) is 0 Å². The molecule has 0 radical (unpaired) electrons. The highest BCUT2D eigenvalue weighted by Gasteiger charge is 2.92. The first kappa shape index (κ1) is 106. The number of rotatable bonds is 24. The summed E-state index contributed by atoms with van der Waals surface area (Å²) in [4.78, 5) is 4.57. The molecule has 148 heavy (non-hydrogen) atoms. The Balaban J connectivity index is 0.737. The first-order valence-electron chi connectivity index (χ1n) is 56.8. The third-order valence-corrected chi connectivity index (χ3v) is 38.1. The molecule has 0 aliphatic heterocycles. The van der Waals surface area contributed by atoms with Crippen LogP contribution in [0.5, 0.6) is 34.5 Å². The highest BCUT2D eigenvalue weighted by atomic mass is 16.5. The maximum Gasteiger partial charge on any atom is 0.127 e. The lowest BCUT2D eigenvalue weighted by Gasteiger charge is -2.47. The number of aliphatic hydroxyl groups is 2. The number of nitrogens with zero attached hydrogens (tertiary/aromatic N) is 2. The molecule has 10 heteroatoms. The van der Waals surface area contributed by atoms with Gasteiger partial charge in [0.25, 0.3) is 0 Å². The topological polar surface area (TPSA) is 124 Å². The van der Waals surface area contributed by atoms with Crippen LogP contribution in [0.25, 0.3) is 44.5 Å². The van der Waals surface area contributed by atoms with Crippen molar-refractivity contribution in [3.05, 3.63) is 234 Å². The quantitative estimate of drug-likeness (QED) is 0.0465. The molecule has 1 unspecified atom stereocenters. The van der Waals surface area contributed by atoms with Gasteiger partial charge in [0, 0.05) is 107 Å². The van der Waals surface area contributed by atoms with Gasteiger partial charge in [0.15, 0.2) is 0 Å². The van der Waals surface area contributed by atoms with Crippen LogP contribution in [0.15, 0.2) is 133 Å². The Morgan fingerprint density at radius 2 is 0.399 bits per heavy atom. The number of fused-ring (bicyclic) bond motifs is 9. The minimum Gasteiger partial charge on any atom is -0.508 e. The van der Waals surface area contributed by atoms with Crippen LogP contribution in [-0.4, -0.2) is 59.1 Å². The summed E-state index contributed by atoms with van der Waals surface area (Å²) in [6.07, 6.45) is 5.64. The molecule has 0 spiro atoms. The molecule has 10 aromatic carbocycles. The summed E-state index contributed by atoms with van der Waals surface area (Å²) in [5.41, 5.74) is 32.8. The molecule has 0 heterocycles. The molecule has 5 atom stereocenters. The molecule has 2 fully saturated rings. The van der Waals surface area contributed by atoms with E-state index in [-0.39, 0.29) is 98.1 Å². The minimum atomic E-state index is -1.39. The van der Waals surface area contributed by atoms with Gasteiger partial charge in [-0.2, -0.15) is 0 Å². The van der Waals surface area contributed by atoms with Crippen molar-refractivity contribution in [3.8, 4) is 79.0 Å². The van der Waals surface area contributed by atoms with Crippen LogP contribution in [0.4, 0.5) is 34.1 Å². The summed E-state index contributed by atoms with van der Waals surface area (Å²) in [7, 11) is 0. The number of hydrogen-bond donors (Lipinski definition) is 4. The number of phenolic OH excluding ortho intramolecular Hbond substituents is 2. The number of benzene rings is 10. The normalized spacial score (nSPS) is 24.7. The van der Waals surface area contributed by atoms with E-state index in [1.165, 1.54) is 134 Å². The molecule has 10 nitrogen and oxygen atoms in total. The van der Waals surface area contributed by atoms with E-state index in [0.717, 1.165) is 103 Å². The fraction of sp³-hybridized carbons (Fsp3) is 0.565. The number of aliphatic hydroxyl groups excluding tert-OH is 2. The van der Waals surface area contributed by atoms with Crippen molar-refractivity contribution in [1.29, 1.82) is 0 Å². The molecule has 0 bridgehead atoms. The summed E-state index contributed by atoms with van der Waals surface area (Å²) >= 11 is 0. The standard InChI is InChI=1S/C138H180N2O8/c1-76(2)64-145-115-107-99(121(10,11)68-129(107,26)27)95(100-108(115)130(28,29)69-122(100,12)13)81-42-50-85(51-43-81)139(86-52-44-82(45-53-86)96-101-109(131(30,31)70-123(101,14)15)116(146-65-77(3)4)110-102(96)124(16,17)71-132(110,32)33)89-58-60-91(93(141)62-89)137-80(9)119(143)138(137,120(137)144)92-61-59-90(63-94(92)142)140(87-54-46-83(47-55-87)97-103-111(133(34,35)72-125(103,18)19)117(147-66-78(5)6)112-104(97)126(20,21)73-134(112,36)37)88-56-48-84(49-57-88)98-105-113(135(38,39)74-127(105,22)23)118(148-67-79(7)8)114-106(98)128(24,25)75-136(114,40)41/h42-63,76-80,119-120,141-144H,64-75H2,1-41H3/t80-,119?,120+,137+,138+/m0/s1. The molecule has 10 aliphatic carbocycles. The highest BCUT2D eigenvalue weighted by Crippen LogP contribution is 2.83. The summed E-state index contributed by atoms with van der Waals surface area (Å²) in [5.74, 6) is 5.27. The second-order valence-electron chi connectivity index (χ2n) is 60.8. The highest BCUT2D eigenvalue weighted by molar-refractivity contribution is 5.93. The lowest BCUT2D eigenvalue weighted by atomic mass is 9.58. The van der Waals surface area contributed by atoms with Gasteiger partial charge in [0.05, 0.1) is 44.1 Å². The van der Waals surface area contributed by atoms with E-state index >= 15 is 0 Å². The van der Waals surface area contributed by atoms with E-state index in [2.05, 4.69) is 396 Å². The number of anilines is 6. The number of hydrogen-bond acceptors (Lipinski definition) is 10. The number of phenols is 2. The summed E-state index contributed by atoms with van der Waals surface area (Å²) in [6, 6.07) is 49.1. The molecule has 10 aliphatic rings. The van der Waals surface area contributed by atoms with Gasteiger partial charge in [0.2, 0.25) is 0 Å². The van der Waals surface area contributed by atoms with Crippen molar-refractivity contribution in [1.82, 2.24) is 0 Å². The molecule has 790 valence electrons. The van der Waals surface area contributed by atoms with Crippen molar-refractivity contribution < 1.29 is 39.4 Å². The predicted octanol–water partition coefficient (Wildman–Crippen LogP) is 35.1. The van der Waals surface area contributed by atoms with Crippen molar-refractivity contribution >= 4 is 34.1 Å².